The van der Waals surface area contributed by atoms with E-state index < -0.39 is 0 Å². The number of aromatic nitrogens is 3. The fourth-order valence-corrected chi connectivity index (χ4v) is 3.32. The molecular weight excluding hydrogens is 314 g/mol. The van der Waals surface area contributed by atoms with Crippen molar-refractivity contribution in [3.8, 4) is 10.6 Å². The molecule has 0 aromatic carbocycles. The maximum Gasteiger partial charge on any atom is 0.128 e. The average molecular weight is 333 g/mol. The molecule has 122 valence electrons. The van der Waals surface area contributed by atoms with Crippen LogP contribution >= 0.6 is 11.3 Å². The standard InChI is InChI=1S/C15H19N5O2S/c21-6-1-3-16-11-9-14(17-5-7-22)19-12-8-13(23-15(11)12)10-2-4-18-20-10/h2,4,8-9,21-22H,1,3,5-7H2,(H,18,20)(H2,16,17,19). The molecule has 7 nitrogen and oxygen atoms in total. The number of hydrogen-bond donors (Lipinski definition) is 5. The van der Waals surface area contributed by atoms with Crippen LogP contribution in [0.5, 0.6) is 0 Å². The quantitative estimate of drug-likeness (QED) is 0.403. The van der Waals surface area contributed by atoms with Crippen molar-refractivity contribution in [1.29, 1.82) is 0 Å². The molecule has 0 radical (unpaired) electrons. The Hall–Kier alpha value is -2.16. The van der Waals surface area contributed by atoms with Gasteiger partial charge in [-0.15, -0.1) is 11.3 Å². The first kappa shape index (κ1) is 15.7. The van der Waals surface area contributed by atoms with Gasteiger partial charge in [0, 0.05) is 32.0 Å². The van der Waals surface area contributed by atoms with Crippen LogP contribution in [0.1, 0.15) is 6.42 Å². The summed E-state index contributed by atoms with van der Waals surface area (Å²) in [5.41, 5.74) is 2.81. The van der Waals surface area contributed by atoms with Crippen molar-refractivity contribution in [1.82, 2.24) is 15.2 Å². The van der Waals surface area contributed by atoms with Crippen LogP contribution in [0.4, 0.5) is 11.5 Å². The number of H-pyrrole nitrogens is 1. The van der Waals surface area contributed by atoms with Crippen molar-refractivity contribution in [2.45, 2.75) is 6.42 Å². The summed E-state index contributed by atoms with van der Waals surface area (Å²) in [6, 6.07) is 5.88. The molecule has 3 heterocycles. The van der Waals surface area contributed by atoms with E-state index in [2.05, 4.69) is 25.8 Å². The van der Waals surface area contributed by atoms with Gasteiger partial charge in [0.15, 0.2) is 0 Å². The predicted octanol–water partition coefficient (Wildman–Crippen LogP) is 1.88. The molecule has 0 saturated carbocycles. The Kier molecular flexibility index (Phi) is 5.06. The number of nitrogens with zero attached hydrogens (tertiary/aromatic N) is 2. The molecular formula is C15H19N5O2S. The second-order valence-electron chi connectivity index (χ2n) is 5.00. The van der Waals surface area contributed by atoms with Crippen molar-refractivity contribution in [2.24, 2.45) is 0 Å². The van der Waals surface area contributed by atoms with E-state index in [4.69, 9.17) is 10.2 Å². The molecule has 23 heavy (non-hydrogen) atoms. The fourth-order valence-electron chi connectivity index (χ4n) is 2.26. The van der Waals surface area contributed by atoms with E-state index in [-0.39, 0.29) is 13.2 Å². The smallest absolute Gasteiger partial charge is 0.128 e. The number of nitrogens with one attached hydrogen (secondary N) is 3. The summed E-state index contributed by atoms with van der Waals surface area (Å²) in [5.74, 6) is 0.715. The molecule has 0 fully saturated rings. The number of aliphatic hydroxyl groups excluding tert-OH is 2. The molecule has 0 unspecified atom stereocenters. The lowest BCUT2D eigenvalue weighted by molar-refractivity contribution is 0.292. The molecule has 0 aliphatic rings. The number of fused-ring (bicyclic) bond motifs is 1. The predicted molar refractivity (Wildman–Crippen MR) is 93.0 cm³/mol. The highest BCUT2D eigenvalue weighted by atomic mass is 32.1. The van der Waals surface area contributed by atoms with Crippen molar-refractivity contribution >= 4 is 33.1 Å². The monoisotopic (exact) mass is 333 g/mol. The van der Waals surface area contributed by atoms with Crippen LogP contribution in [-0.2, 0) is 0 Å². The zero-order valence-corrected chi connectivity index (χ0v) is 13.4. The van der Waals surface area contributed by atoms with Crippen LogP contribution in [-0.4, -0.2) is 51.7 Å². The summed E-state index contributed by atoms with van der Waals surface area (Å²) in [5, 5.41) is 31.3. The summed E-state index contributed by atoms with van der Waals surface area (Å²) in [7, 11) is 0. The lowest BCUT2D eigenvalue weighted by Gasteiger charge is -2.10. The van der Waals surface area contributed by atoms with Crippen molar-refractivity contribution in [3.63, 3.8) is 0 Å². The Morgan fingerprint density at radius 1 is 1.13 bits per heavy atom. The summed E-state index contributed by atoms with van der Waals surface area (Å²) in [6.07, 6.45) is 2.41. The second kappa shape index (κ2) is 7.40. The molecule has 8 heteroatoms. The Labute approximate surface area is 137 Å². The van der Waals surface area contributed by atoms with Gasteiger partial charge in [0.2, 0.25) is 0 Å². The van der Waals surface area contributed by atoms with Crippen LogP contribution in [0.2, 0.25) is 0 Å². The van der Waals surface area contributed by atoms with Crippen molar-refractivity contribution in [2.75, 3.05) is 36.9 Å². The molecule has 3 aromatic rings. The molecule has 0 atom stereocenters. The lowest BCUT2D eigenvalue weighted by Crippen LogP contribution is -2.08. The van der Waals surface area contributed by atoms with Gasteiger partial charge in [-0.3, -0.25) is 5.10 Å². The normalized spacial score (nSPS) is 11.0. The minimum atomic E-state index is 0.0516. The third kappa shape index (κ3) is 3.61. The van der Waals surface area contributed by atoms with Gasteiger partial charge in [0.05, 0.1) is 33.1 Å². The molecule has 0 amide bonds. The highest BCUT2D eigenvalue weighted by Gasteiger charge is 2.12. The number of hydrogen-bond acceptors (Lipinski definition) is 7. The first-order valence-electron chi connectivity index (χ1n) is 7.45. The highest BCUT2D eigenvalue weighted by molar-refractivity contribution is 7.22. The Balaban J connectivity index is 1.97. The number of thiophene rings is 1. The highest BCUT2D eigenvalue weighted by Crippen LogP contribution is 2.37. The molecule has 3 aromatic heterocycles. The first-order valence-corrected chi connectivity index (χ1v) is 8.27. The van der Waals surface area contributed by atoms with Gasteiger partial charge in [0.25, 0.3) is 0 Å². The maximum atomic E-state index is 8.97. The van der Waals surface area contributed by atoms with E-state index in [1.54, 1.807) is 17.5 Å². The maximum absolute atomic E-state index is 8.97. The molecule has 3 rings (SSSR count). The van der Waals surface area contributed by atoms with Gasteiger partial charge in [-0.25, -0.2) is 4.98 Å². The Morgan fingerprint density at radius 2 is 2.04 bits per heavy atom. The van der Waals surface area contributed by atoms with E-state index in [0.717, 1.165) is 26.5 Å². The summed E-state index contributed by atoms with van der Waals surface area (Å²) >= 11 is 1.64. The number of rotatable bonds is 8. The summed E-state index contributed by atoms with van der Waals surface area (Å²) in [4.78, 5) is 5.66. The van der Waals surface area contributed by atoms with Gasteiger partial charge in [-0.2, -0.15) is 5.10 Å². The minimum absolute atomic E-state index is 0.0516. The molecule has 5 N–H and O–H groups in total. The average Bonchev–Trinajstić information content (AvgIpc) is 3.22. The van der Waals surface area contributed by atoms with Crippen LogP contribution < -0.4 is 10.6 Å². The zero-order chi connectivity index (χ0) is 16.1. The Bertz CT molecular complexity index is 757. The first-order chi connectivity index (χ1) is 11.3. The number of anilines is 2. The molecule has 0 aliphatic carbocycles. The van der Waals surface area contributed by atoms with E-state index in [0.29, 0.717) is 25.3 Å². The van der Waals surface area contributed by atoms with Gasteiger partial charge < -0.3 is 20.8 Å². The van der Waals surface area contributed by atoms with Gasteiger partial charge in [-0.1, -0.05) is 0 Å². The van der Waals surface area contributed by atoms with Gasteiger partial charge in [0.1, 0.15) is 5.82 Å². The minimum Gasteiger partial charge on any atom is -0.396 e. The van der Waals surface area contributed by atoms with E-state index in [1.165, 1.54) is 0 Å². The Morgan fingerprint density at radius 3 is 2.78 bits per heavy atom. The fraction of sp³-hybridized carbons (Fsp3) is 0.333. The number of aromatic amines is 1. The topological polar surface area (TPSA) is 106 Å². The lowest BCUT2D eigenvalue weighted by atomic mass is 10.3. The van der Waals surface area contributed by atoms with E-state index in [9.17, 15) is 0 Å². The van der Waals surface area contributed by atoms with Crippen LogP contribution in [0.25, 0.3) is 20.8 Å². The molecule has 0 spiro atoms. The van der Waals surface area contributed by atoms with Crippen molar-refractivity contribution in [3.05, 3.63) is 24.4 Å². The molecule has 0 aliphatic heterocycles. The largest absolute Gasteiger partial charge is 0.396 e. The summed E-state index contributed by atoms with van der Waals surface area (Å²) < 4.78 is 1.06. The second-order valence-corrected chi connectivity index (χ2v) is 6.06. The van der Waals surface area contributed by atoms with Crippen molar-refractivity contribution < 1.29 is 10.2 Å². The zero-order valence-electron chi connectivity index (χ0n) is 12.5. The molecule has 0 saturated heterocycles. The number of aliphatic hydroxyl groups is 2. The van der Waals surface area contributed by atoms with Crippen LogP contribution in [0.3, 0.4) is 0 Å². The summed E-state index contributed by atoms with van der Waals surface area (Å²) in [6.45, 7) is 1.34. The van der Waals surface area contributed by atoms with Gasteiger partial charge in [-0.05, 0) is 18.6 Å². The molecule has 0 bridgehead atoms. The third-order valence-corrected chi connectivity index (χ3v) is 4.50. The van der Waals surface area contributed by atoms with E-state index in [1.807, 2.05) is 18.2 Å². The third-order valence-electron chi connectivity index (χ3n) is 3.31. The SMILES string of the molecule is OCCCNc1cc(NCCO)nc2cc(-c3ccn[nH]3)sc12. The number of pyridine rings is 1. The van der Waals surface area contributed by atoms with E-state index >= 15 is 0 Å². The van der Waals surface area contributed by atoms with Gasteiger partial charge >= 0.3 is 0 Å². The van der Waals surface area contributed by atoms with Crippen LogP contribution in [0, 0.1) is 0 Å². The van der Waals surface area contributed by atoms with Crippen LogP contribution in [0.15, 0.2) is 24.4 Å².